The number of nitrogens with one attached hydrogen (secondary N) is 1. The number of carbonyl (C=O) groups excluding carboxylic acids is 1. The predicted octanol–water partition coefficient (Wildman–Crippen LogP) is 4.55. The van der Waals surface area contributed by atoms with Crippen LogP contribution in [0.4, 0.5) is 17.1 Å². The van der Waals surface area contributed by atoms with Gasteiger partial charge in [-0.3, -0.25) is 4.79 Å². The molecule has 0 saturated heterocycles. The quantitative estimate of drug-likeness (QED) is 0.847. The molecule has 0 fully saturated rings. The van der Waals surface area contributed by atoms with Crippen molar-refractivity contribution in [1.82, 2.24) is 0 Å². The number of hydrogen-bond donors (Lipinski definition) is 2. The third-order valence-corrected chi connectivity index (χ3v) is 4.78. The fourth-order valence-corrected chi connectivity index (χ4v) is 3.49. The predicted molar refractivity (Wildman–Crippen MR) is 103 cm³/mol. The first kappa shape index (κ1) is 18.0. The van der Waals surface area contributed by atoms with Gasteiger partial charge in [0.05, 0.1) is 5.56 Å². The molecule has 136 valence electrons. The molecule has 2 N–H and O–H groups in total. The van der Waals surface area contributed by atoms with Crippen molar-refractivity contribution in [2.75, 3.05) is 10.2 Å². The van der Waals surface area contributed by atoms with E-state index in [1.54, 1.807) is 24.3 Å². The summed E-state index contributed by atoms with van der Waals surface area (Å²) in [5.41, 5.74) is 3.86. The Morgan fingerprint density at radius 3 is 2.31 bits per heavy atom. The van der Waals surface area contributed by atoms with Gasteiger partial charge in [-0.15, -0.1) is 0 Å². The second-order valence-electron chi connectivity index (χ2n) is 7.66. The van der Waals surface area contributed by atoms with Gasteiger partial charge in [-0.25, -0.2) is 4.79 Å². The largest absolute Gasteiger partial charge is 0.478 e. The maximum atomic E-state index is 12.5. The lowest BCUT2D eigenvalue weighted by Crippen LogP contribution is -2.45. The summed E-state index contributed by atoms with van der Waals surface area (Å²) in [4.78, 5) is 25.4. The van der Waals surface area contributed by atoms with Gasteiger partial charge in [-0.05, 0) is 61.9 Å². The van der Waals surface area contributed by atoms with Crippen LogP contribution in [0.15, 0.2) is 42.5 Å². The summed E-state index contributed by atoms with van der Waals surface area (Å²) in [7, 11) is 0. The van der Waals surface area contributed by atoms with Gasteiger partial charge in [-0.2, -0.15) is 0 Å². The lowest BCUT2D eigenvalue weighted by atomic mass is 9.76. The molecule has 1 aliphatic heterocycles. The van der Waals surface area contributed by atoms with Crippen molar-refractivity contribution < 1.29 is 14.7 Å². The number of hydrogen-bond acceptors (Lipinski definition) is 3. The number of carboxylic acid groups (broad SMARTS) is 1. The van der Waals surface area contributed by atoms with Gasteiger partial charge in [0.25, 0.3) is 0 Å². The second kappa shape index (κ2) is 6.48. The summed E-state index contributed by atoms with van der Waals surface area (Å²) in [6, 6.07) is 12.8. The van der Waals surface area contributed by atoms with Crippen LogP contribution in [0.5, 0.6) is 0 Å². The molecule has 0 bridgehead atoms. The summed E-state index contributed by atoms with van der Waals surface area (Å²) in [6.07, 6.45) is 0.481. The molecule has 0 saturated carbocycles. The molecule has 2 aromatic carbocycles. The average Bonchev–Trinajstić information content (AvgIpc) is 2.55. The Balaban J connectivity index is 1.94. The highest BCUT2D eigenvalue weighted by Crippen LogP contribution is 2.42. The minimum atomic E-state index is -0.939. The third-order valence-electron chi connectivity index (χ3n) is 4.78. The highest BCUT2D eigenvalue weighted by atomic mass is 16.4. The first-order valence-corrected chi connectivity index (χ1v) is 8.76. The number of carboxylic acids is 1. The molecular formula is C21H24N2O3. The van der Waals surface area contributed by atoms with Crippen LogP contribution in [-0.4, -0.2) is 23.0 Å². The summed E-state index contributed by atoms with van der Waals surface area (Å²) >= 11 is 0. The minimum Gasteiger partial charge on any atom is -0.478 e. The highest BCUT2D eigenvalue weighted by molar-refractivity contribution is 5.98. The van der Waals surface area contributed by atoms with Gasteiger partial charge in [0.1, 0.15) is 0 Å². The fraction of sp³-hybridized carbons (Fsp3) is 0.333. The maximum absolute atomic E-state index is 12.5. The Hall–Kier alpha value is -2.82. The van der Waals surface area contributed by atoms with Crippen molar-refractivity contribution in [2.24, 2.45) is 0 Å². The lowest BCUT2D eigenvalue weighted by molar-refractivity contribution is -0.120. The molecule has 1 aliphatic rings. The van der Waals surface area contributed by atoms with Gasteiger partial charge in [0, 0.05) is 34.9 Å². The molecular weight excluding hydrogens is 328 g/mol. The summed E-state index contributed by atoms with van der Waals surface area (Å²) < 4.78 is 0. The summed E-state index contributed by atoms with van der Waals surface area (Å²) in [6.45, 7) is 8.23. The van der Waals surface area contributed by atoms with E-state index < -0.39 is 5.97 Å². The van der Waals surface area contributed by atoms with Crippen LogP contribution in [0.2, 0.25) is 0 Å². The van der Waals surface area contributed by atoms with Crippen molar-refractivity contribution in [1.29, 1.82) is 0 Å². The molecule has 0 aliphatic carbocycles. The number of amides is 1. The zero-order valence-corrected chi connectivity index (χ0v) is 15.5. The van der Waals surface area contributed by atoms with E-state index in [9.17, 15) is 9.59 Å². The van der Waals surface area contributed by atoms with Gasteiger partial charge >= 0.3 is 5.97 Å². The summed E-state index contributed by atoms with van der Waals surface area (Å²) in [5.74, 6) is -0.784. The van der Waals surface area contributed by atoms with Gasteiger partial charge in [0.2, 0.25) is 5.91 Å². The van der Waals surface area contributed by atoms with Crippen molar-refractivity contribution in [3.05, 3.63) is 53.6 Å². The Morgan fingerprint density at radius 2 is 1.73 bits per heavy atom. The van der Waals surface area contributed by atoms with Gasteiger partial charge in [-0.1, -0.05) is 13.8 Å². The standard InChI is InChI=1S/C21H24N2O3/c1-13(2)23-18-10-9-16(11-17(18)21(3,4)12-19(23)24)22-15-7-5-14(6-8-15)20(25)26/h5-11,13,22H,12H2,1-4H3,(H,25,26). The van der Waals surface area contributed by atoms with E-state index in [2.05, 4.69) is 25.2 Å². The van der Waals surface area contributed by atoms with Crippen LogP contribution >= 0.6 is 0 Å². The van der Waals surface area contributed by atoms with Crippen LogP contribution in [0.25, 0.3) is 0 Å². The molecule has 0 radical (unpaired) electrons. The number of fused-ring (bicyclic) bond motifs is 1. The van der Waals surface area contributed by atoms with Crippen LogP contribution < -0.4 is 10.2 Å². The molecule has 0 atom stereocenters. The van der Waals surface area contributed by atoms with Crippen LogP contribution in [0.1, 0.15) is 50.0 Å². The SMILES string of the molecule is CC(C)N1C(=O)CC(C)(C)c2cc(Nc3ccc(C(=O)O)cc3)ccc21. The van der Waals surface area contributed by atoms with E-state index in [0.717, 1.165) is 22.6 Å². The number of rotatable bonds is 4. The topological polar surface area (TPSA) is 69.6 Å². The molecule has 0 aromatic heterocycles. The van der Waals surface area contributed by atoms with Crippen molar-refractivity contribution in [2.45, 2.75) is 45.6 Å². The molecule has 5 heteroatoms. The summed E-state index contributed by atoms with van der Waals surface area (Å²) in [5, 5.41) is 12.3. The van der Waals surface area contributed by atoms with E-state index in [4.69, 9.17) is 5.11 Å². The van der Waals surface area contributed by atoms with Crippen molar-refractivity contribution in [3.63, 3.8) is 0 Å². The fourth-order valence-electron chi connectivity index (χ4n) is 3.49. The van der Waals surface area contributed by atoms with E-state index in [0.29, 0.717) is 6.42 Å². The van der Waals surface area contributed by atoms with Crippen LogP contribution in [-0.2, 0) is 10.2 Å². The molecule has 1 heterocycles. The van der Waals surface area contributed by atoms with Crippen LogP contribution in [0, 0.1) is 0 Å². The molecule has 3 rings (SSSR count). The van der Waals surface area contributed by atoms with Gasteiger partial charge in [0.15, 0.2) is 0 Å². The normalized spacial score (nSPS) is 15.7. The number of aromatic carboxylic acids is 1. The monoisotopic (exact) mass is 352 g/mol. The zero-order chi connectivity index (χ0) is 19.1. The average molecular weight is 352 g/mol. The number of benzene rings is 2. The minimum absolute atomic E-state index is 0.111. The maximum Gasteiger partial charge on any atom is 0.335 e. The van der Waals surface area contributed by atoms with Crippen molar-refractivity contribution >= 4 is 28.9 Å². The first-order valence-electron chi connectivity index (χ1n) is 8.76. The molecule has 0 unspecified atom stereocenters. The lowest BCUT2D eigenvalue weighted by Gasteiger charge is -2.40. The first-order chi connectivity index (χ1) is 12.2. The molecule has 2 aromatic rings. The second-order valence-corrected chi connectivity index (χ2v) is 7.66. The molecule has 5 nitrogen and oxygen atoms in total. The highest BCUT2D eigenvalue weighted by Gasteiger charge is 2.37. The zero-order valence-electron chi connectivity index (χ0n) is 15.5. The Labute approximate surface area is 153 Å². The van der Waals surface area contributed by atoms with E-state index in [1.807, 2.05) is 30.9 Å². The Morgan fingerprint density at radius 1 is 1.12 bits per heavy atom. The number of carbonyl (C=O) groups is 2. The van der Waals surface area contributed by atoms with Crippen molar-refractivity contribution in [3.8, 4) is 0 Å². The number of nitrogens with zero attached hydrogens (tertiary/aromatic N) is 1. The van der Waals surface area contributed by atoms with Crippen LogP contribution in [0.3, 0.4) is 0 Å². The third kappa shape index (κ3) is 3.29. The number of anilines is 3. The van der Waals surface area contributed by atoms with E-state index in [-0.39, 0.29) is 22.9 Å². The van der Waals surface area contributed by atoms with E-state index >= 15 is 0 Å². The molecule has 0 spiro atoms. The Bertz CT molecular complexity index is 854. The van der Waals surface area contributed by atoms with E-state index in [1.165, 1.54) is 0 Å². The Kier molecular flexibility index (Phi) is 4.48. The van der Waals surface area contributed by atoms with Gasteiger partial charge < -0.3 is 15.3 Å². The molecule has 26 heavy (non-hydrogen) atoms. The smallest absolute Gasteiger partial charge is 0.335 e. The molecule has 1 amide bonds.